The lowest BCUT2D eigenvalue weighted by molar-refractivity contribution is 0.472. The van der Waals surface area contributed by atoms with Crippen LogP contribution in [0.25, 0.3) is 22.3 Å². The molecule has 4 heteroatoms. The van der Waals surface area contributed by atoms with E-state index in [0.29, 0.717) is 22.3 Å². The van der Waals surface area contributed by atoms with Crippen molar-refractivity contribution in [2.75, 3.05) is 0 Å². The molecule has 1 aromatic heterocycles. The predicted molar refractivity (Wildman–Crippen MR) is 78.9 cm³/mol. The number of aromatic hydroxyl groups is 1. The van der Waals surface area contributed by atoms with Crippen molar-refractivity contribution in [3.05, 3.63) is 57.9 Å². The number of hydrogen-bond donors (Lipinski definition) is 2. The molecule has 2 N–H and O–H groups in total. The Kier molecular flexibility index (Phi) is 2.79. The van der Waals surface area contributed by atoms with Crippen molar-refractivity contribution in [3.63, 3.8) is 0 Å². The van der Waals surface area contributed by atoms with Gasteiger partial charge in [0.2, 0.25) is 0 Å². The number of H-pyrrole nitrogens is 1. The minimum Gasteiger partial charge on any atom is -0.507 e. The van der Waals surface area contributed by atoms with Crippen molar-refractivity contribution >= 4 is 10.9 Å². The second-order valence-electron chi connectivity index (χ2n) is 4.84. The van der Waals surface area contributed by atoms with Crippen molar-refractivity contribution in [2.45, 2.75) is 13.8 Å². The Morgan fingerprint density at radius 3 is 2.65 bits per heavy atom. The molecule has 0 radical (unpaired) electrons. The maximum Gasteiger partial charge on any atom is 0.259 e. The molecule has 0 aliphatic carbocycles. The van der Waals surface area contributed by atoms with E-state index < -0.39 is 0 Å². The van der Waals surface area contributed by atoms with Crippen LogP contribution in [-0.4, -0.2) is 15.1 Å². The molecule has 0 unspecified atom stereocenters. The first-order chi connectivity index (χ1) is 9.58. The summed E-state index contributed by atoms with van der Waals surface area (Å²) >= 11 is 0. The van der Waals surface area contributed by atoms with Gasteiger partial charge in [-0.3, -0.25) is 4.79 Å². The van der Waals surface area contributed by atoms with Crippen LogP contribution in [0.3, 0.4) is 0 Å². The van der Waals surface area contributed by atoms with Crippen LogP contribution in [0.5, 0.6) is 5.75 Å². The van der Waals surface area contributed by atoms with E-state index in [2.05, 4.69) is 9.97 Å². The maximum atomic E-state index is 12.1. The van der Waals surface area contributed by atoms with Crippen LogP contribution >= 0.6 is 0 Å². The summed E-state index contributed by atoms with van der Waals surface area (Å²) in [4.78, 5) is 19.2. The Labute approximate surface area is 115 Å². The van der Waals surface area contributed by atoms with Gasteiger partial charge in [0.1, 0.15) is 11.6 Å². The van der Waals surface area contributed by atoms with Crippen molar-refractivity contribution in [2.24, 2.45) is 0 Å². The first kappa shape index (κ1) is 12.4. The second kappa shape index (κ2) is 4.49. The van der Waals surface area contributed by atoms with Crippen LogP contribution in [0.15, 0.2) is 41.2 Å². The molecule has 100 valence electrons. The summed E-state index contributed by atoms with van der Waals surface area (Å²) in [6, 6.07) is 10.8. The minimum absolute atomic E-state index is 0.156. The topological polar surface area (TPSA) is 66.0 Å². The first-order valence-corrected chi connectivity index (χ1v) is 6.36. The molecule has 20 heavy (non-hydrogen) atoms. The summed E-state index contributed by atoms with van der Waals surface area (Å²) in [5.41, 5.74) is 2.73. The highest BCUT2D eigenvalue weighted by Crippen LogP contribution is 2.31. The fourth-order valence-electron chi connectivity index (χ4n) is 2.21. The zero-order valence-corrected chi connectivity index (χ0v) is 11.3. The lowest BCUT2D eigenvalue weighted by Crippen LogP contribution is -2.09. The summed E-state index contributed by atoms with van der Waals surface area (Å²) in [7, 11) is 0. The first-order valence-electron chi connectivity index (χ1n) is 6.36. The van der Waals surface area contributed by atoms with Gasteiger partial charge in [-0.1, -0.05) is 18.2 Å². The molecule has 0 atom stereocenters. The fraction of sp³-hybridized carbons (Fsp3) is 0.125. The number of phenolic OH excluding ortho intramolecular Hbond substituents is 1. The van der Waals surface area contributed by atoms with Crippen LogP contribution in [0.1, 0.15) is 11.1 Å². The van der Waals surface area contributed by atoms with Gasteiger partial charge in [-0.25, -0.2) is 4.98 Å². The summed E-state index contributed by atoms with van der Waals surface area (Å²) in [5.74, 6) is 0.540. The molecule has 0 aliphatic heterocycles. The van der Waals surface area contributed by atoms with Crippen LogP contribution in [0.4, 0.5) is 0 Å². The molecule has 0 saturated carbocycles. The molecule has 1 heterocycles. The third-order valence-electron chi connectivity index (χ3n) is 3.57. The molecule has 2 aromatic carbocycles. The Hall–Kier alpha value is -2.62. The Bertz CT molecular complexity index is 866. The van der Waals surface area contributed by atoms with Crippen molar-refractivity contribution < 1.29 is 5.11 Å². The van der Waals surface area contributed by atoms with E-state index in [9.17, 15) is 9.90 Å². The number of benzene rings is 2. The number of nitrogens with zero attached hydrogens (tertiary/aromatic N) is 1. The third kappa shape index (κ3) is 1.86. The normalized spacial score (nSPS) is 10.9. The van der Waals surface area contributed by atoms with Crippen LogP contribution in [0.2, 0.25) is 0 Å². The van der Waals surface area contributed by atoms with Gasteiger partial charge in [-0.15, -0.1) is 0 Å². The SMILES string of the molecule is Cc1ccc(-c2nc3ccccc3c(=O)[nH]2)c(O)c1C. The number of aryl methyl sites for hydroxylation is 1. The molecular weight excluding hydrogens is 252 g/mol. The number of hydrogen-bond acceptors (Lipinski definition) is 3. The van der Waals surface area contributed by atoms with Gasteiger partial charge in [-0.2, -0.15) is 0 Å². The Balaban J connectivity index is 2.31. The second-order valence-corrected chi connectivity index (χ2v) is 4.84. The number of aromatic nitrogens is 2. The minimum atomic E-state index is -0.205. The van der Waals surface area contributed by atoms with Crippen molar-refractivity contribution in [3.8, 4) is 17.1 Å². The predicted octanol–water partition coefficient (Wildman–Crippen LogP) is 2.91. The number of nitrogens with one attached hydrogen (secondary N) is 1. The number of aromatic amines is 1. The molecule has 3 rings (SSSR count). The summed E-state index contributed by atoms with van der Waals surface area (Å²) in [6.07, 6.45) is 0. The fourth-order valence-corrected chi connectivity index (χ4v) is 2.21. The quantitative estimate of drug-likeness (QED) is 0.711. The van der Waals surface area contributed by atoms with Crippen LogP contribution in [-0.2, 0) is 0 Å². The van der Waals surface area contributed by atoms with Gasteiger partial charge in [-0.05, 0) is 43.2 Å². The number of rotatable bonds is 1. The average molecular weight is 266 g/mol. The van der Waals surface area contributed by atoms with Crippen molar-refractivity contribution in [1.82, 2.24) is 9.97 Å². The molecule has 0 aliphatic rings. The van der Waals surface area contributed by atoms with E-state index in [1.807, 2.05) is 26.0 Å². The van der Waals surface area contributed by atoms with E-state index in [1.54, 1.807) is 24.3 Å². The molecule has 4 nitrogen and oxygen atoms in total. The number of phenols is 1. The largest absolute Gasteiger partial charge is 0.507 e. The number of fused-ring (bicyclic) bond motifs is 1. The average Bonchev–Trinajstić information content (AvgIpc) is 2.45. The molecule has 0 fully saturated rings. The Morgan fingerprint density at radius 1 is 1.10 bits per heavy atom. The van der Waals surface area contributed by atoms with Crippen molar-refractivity contribution in [1.29, 1.82) is 0 Å². The van der Waals surface area contributed by atoms with E-state index in [1.165, 1.54) is 0 Å². The molecular formula is C16H14N2O2. The highest BCUT2D eigenvalue weighted by molar-refractivity contribution is 5.80. The zero-order chi connectivity index (χ0) is 14.3. The van der Waals surface area contributed by atoms with Gasteiger partial charge >= 0.3 is 0 Å². The van der Waals surface area contributed by atoms with Gasteiger partial charge in [0, 0.05) is 0 Å². The van der Waals surface area contributed by atoms with Gasteiger partial charge in [0.25, 0.3) is 5.56 Å². The van der Waals surface area contributed by atoms with E-state index in [0.717, 1.165) is 11.1 Å². The van der Waals surface area contributed by atoms with Crippen LogP contribution in [0, 0.1) is 13.8 Å². The zero-order valence-electron chi connectivity index (χ0n) is 11.3. The number of para-hydroxylation sites is 1. The van der Waals surface area contributed by atoms with Gasteiger partial charge in [0.05, 0.1) is 16.5 Å². The van der Waals surface area contributed by atoms with E-state index in [-0.39, 0.29) is 11.3 Å². The molecule has 0 bridgehead atoms. The molecule has 3 aromatic rings. The lowest BCUT2D eigenvalue weighted by Gasteiger charge is -2.09. The summed E-state index contributed by atoms with van der Waals surface area (Å²) in [5, 5.41) is 10.8. The lowest BCUT2D eigenvalue weighted by atomic mass is 10.0. The smallest absolute Gasteiger partial charge is 0.259 e. The molecule has 0 saturated heterocycles. The van der Waals surface area contributed by atoms with Crippen LogP contribution < -0.4 is 5.56 Å². The van der Waals surface area contributed by atoms with Gasteiger partial charge < -0.3 is 10.1 Å². The monoisotopic (exact) mass is 266 g/mol. The van der Waals surface area contributed by atoms with Gasteiger partial charge in [0.15, 0.2) is 0 Å². The third-order valence-corrected chi connectivity index (χ3v) is 3.57. The summed E-state index contributed by atoms with van der Waals surface area (Å²) in [6.45, 7) is 3.77. The highest BCUT2D eigenvalue weighted by Gasteiger charge is 2.12. The molecule has 0 amide bonds. The summed E-state index contributed by atoms with van der Waals surface area (Å²) < 4.78 is 0. The standard InChI is InChI=1S/C16H14N2O2/c1-9-7-8-12(14(19)10(9)2)15-17-13-6-4-3-5-11(13)16(20)18-15/h3-8,19H,1-2H3,(H,17,18,20). The highest BCUT2D eigenvalue weighted by atomic mass is 16.3. The Morgan fingerprint density at radius 2 is 1.85 bits per heavy atom. The maximum absolute atomic E-state index is 12.1. The van der Waals surface area contributed by atoms with E-state index in [4.69, 9.17) is 0 Å². The van der Waals surface area contributed by atoms with E-state index >= 15 is 0 Å². The molecule has 0 spiro atoms.